The largest absolute Gasteiger partial charge is 0.490 e. The summed E-state index contributed by atoms with van der Waals surface area (Å²) in [6.45, 7) is 5.55. The number of ether oxygens (including phenoxy) is 3. The Bertz CT molecular complexity index is 864. The second-order valence-electron chi connectivity index (χ2n) is 8.28. The van der Waals surface area contributed by atoms with Crippen LogP contribution in [0.5, 0.6) is 5.75 Å². The quantitative estimate of drug-likeness (QED) is 0.334. The van der Waals surface area contributed by atoms with E-state index >= 15 is 0 Å². The van der Waals surface area contributed by atoms with Crippen LogP contribution in [0.3, 0.4) is 0 Å². The minimum Gasteiger partial charge on any atom is -0.490 e. The number of rotatable bonds is 11. The molecule has 0 radical (unpaired) electrons. The van der Waals surface area contributed by atoms with Gasteiger partial charge >= 0.3 is 0 Å². The molecule has 2 aromatic carbocycles. The fraction of sp³-hybridized carbons (Fsp3) is 0.538. The van der Waals surface area contributed by atoms with Crippen molar-refractivity contribution in [1.29, 1.82) is 0 Å². The van der Waals surface area contributed by atoms with E-state index in [-0.39, 0.29) is 35.7 Å². The number of hydrogen-bond donors (Lipinski definition) is 0. The lowest BCUT2D eigenvalue weighted by molar-refractivity contribution is -0.0873. The van der Waals surface area contributed by atoms with Crippen molar-refractivity contribution in [1.82, 2.24) is 0 Å². The van der Waals surface area contributed by atoms with Gasteiger partial charge in [-0.1, -0.05) is 45.2 Å². The van der Waals surface area contributed by atoms with Crippen molar-refractivity contribution in [3.05, 3.63) is 53.3 Å². The van der Waals surface area contributed by atoms with E-state index in [0.29, 0.717) is 18.6 Å². The molecule has 0 aromatic heterocycles. The molecule has 0 aliphatic carbocycles. The molecule has 1 saturated heterocycles. The molecular weight excluding hydrogens is 417 g/mol. The Morgan fingerprint density at radius 1 is 0.875 bits per heavy atom. The van der Waals surface area contributed by atoms with E-state index in [1.807, 2.05) is 6.92 Å². The lowest BCUT2D eigenvalue weighted by Crippen LogP contribution is -2.28. The maximum atomic E-state index is 14.9. The smallest absolute Gasteiger partial charge is 0.201 e. The molecule has 0 amide bonds. The number of halogens is 3. The predicted molar refractivity (Wildman–Crippen MR) is 119 cm³/mol. The molecular formula is C26H33F3O3. The summed E-state index contributed by atoms with van der Waals surface area (Å²) in [6, 6.07) is 7.23. The van der Waals surface area contributed by atoms with Gasteiger partial charge in [-0.25, -0.2) is 8.78 Å². The van der Waals surface area contributed by atoms with E-state index in [4.69, 9.17) is 14.2 Å². The Morgan fingerprint density at radius 3 is 2.38 bits per heavy atom. The van der Waals surface area contributed by atoms with Crippen molar-refractivity contribution >= 4 is 0 Å². The van der Waals surface area contributed by atoms with Gasteiger partial charge in [0.1, 0.15) is 5.82 Å². The number of hydrogen-bond acceptors (Lipinski definition) is 3. The first-order valence-electron chi connectivity index (χ1n) is 11.7. The molecule has 176 valence electrons. The Balaban J connectivity index is 1.61. The standard InChI is InChI=1S/C26H33F3O3/c1-3-5-6-7-15-30-19-9-12-23(32-17-19)18-8-10-20(22(27)16-18)21-11-13-24(31-14-4-2)26(29)25(21)28/h8,10-11,13,16,19,23H,3-7,9,12,14-15,17H2,1-2H3. The molecule has 32 heavy (non-hydrogen) atoms. The fourth-order valence-corrected chi connectivity index (χ4v) is 3.91. The Labute approximate surface area is 188 Å². The topological polar surface area (TPSA) is 27.7 Å². The van der Waals surface area contributed by atoms with E-state index in [1.54, 1.807) is 6.07 Å². The van der Waals surface area contributed by atoms with Crippen LogP contribution >= 0.6 is 0 Å². The van der Waals surface area contributed by atoms with E-state index in [2.05, 4.69) is 6.92 Å². The zero-order valence-corrected chi connectivity index (χ0v) is 19.0. The highest BCUT2D eigenvalue weighted by molar-refractivity contribution is 5.66. The first kappa shape index (κ1) is 24.6. The molecule has 6 heteroatoms. The SMILES string of the molecule is CCCCCCOC1CCC(c2ccc(-c3ccc(OCCC)c(F)c3F)c(F)c2)OC1. The minimum atomic E-state index is -1.11. The second-order valence-corrected chi connectivity index (χ2v) is 8.28. The lowest BCUT2D eigenvalue weighted by Gasteiger charge is -2.29. The van der Waals surface area contributed by atoms with Gasteiger partial charge < -0.3 is 14.2 Å². The molecule has 1 aliphatic heterocycles. The van der Waals surface area contributed by atoms with Gasteiger partial charge in [0, 0.05) is 17.7 Å². The van der Waals surface area contributed by atoms with Crippen LogP contribution in [-0.2, 0) is 9.47 Å². The van der Waals surface area contributed by atoms with Gasteiger partial charge in [0.2, 0.25) is 5.82 Å². The van der Waals surface area contributed by atoms with Crippen molar-refractivity contribution in [2.24, 2.45) is 0 Å². The molecule has 1 heterocycles. The van der Waals surface area contributed by atoms with Gasteiger partial charge in [-0.2, -0.15) is 4.39 Å². The highest BCUT2D eigenvalue weighted by Crippen LogP contribution is 2.35. The number of benzene rings is 2. The normalized spacial score (nSPS) is 18.7. The molecule has 0 N–H and O–H groups in total. The predicted octanol–water partition coefficient (Wildman–Crippen LogP) is 7.38. The van der Waals surface area contributed by atoms with Crippen molar-refractivity contribution in [3.8, 4) is 16.9 Å². The average molecular weight is 451 g/mol. The van der Waals surface area contributed by atoms with E-state index < -0.39 is 17.5 Å². The Hall–Kier alpha value is -2.05. The lowest BCUT2D eigenvalue weighted by atomic mass is 9.96. The third-order valence-electron chi connectivity index (χ3n) is 5.75. The molecule has 3 nitrogen and oxygen atoms in total. The minimum absolute atomic E-state index is 0.0105. The second kappa shape index (κ2) is 12.3. The maximum absolute atomic E-state index is 14.9. The summed E-state index contributed by atoms with van der Waals surface area (Å²) in [4.78, 5) is 0. The van der Waals surface area contributed by atoms with Gasteiger partial charge in [0.15, 0.2) is 11.6 Å². The van der Waals surface area contributed by atoms with Crippen LogP contribution < -0.4 is 4.74 Å². The highest BCUT2D eigenvalue weighted by Gasteiger charge is 2.25. The van der Waals surface area contributed by atoms with E-state index in [0.717, 1.165) is 25.9 Å². The van der Waals surface area contributed by atoms with Crippen molar-refractivity contribution in [3.63, 3.8) is 0 Å². The summed E-state index contributed by atoms with van der Waals surface area (Å²) in [5.74, 6) is -2.99. The van der Waals surface area contributed by atoms with Crippen LogP contribution in [0, 0.1) is 17.5 Å². The molecule has 0 spiro atoms. The average Bonchev–Trinajstić information content (AvgIpc) is 2.81. The van der Waals surface area contributed by atoms with Crippen LogP contribution in [0.15, 0.2) is 30.3 Å². The van der Waals surface area contributed by atoms with E-state index in [1.165, 1.54) is 43.5 Å². The van der Waals surface area contributed by atoms with E-state index in [9.17, 15) is 13.2 Å². The summed E-state index contributed by atoms with van der Waals surface area (Å²) < 4.78 is 60.7. The van der Waals surface area contributed by atoms with Crippen molar-refractivity contribution < 1.29 is 27.4 Å². The molecule has 1 aliphatic rings. The molecule has 3 rings (SSSR count). The summed E-state index contributed by atoms with van der Waals surface area (Å²) in [5, 5.41) is 0. The van der Waals surface area contributed by atoms with Gasteiger partial charge in [-0.05, 0) is 49.4 Å². The Morgan fingerprint density at radius 2 is 1.69 bits per heavy atom. The van der Waals surface area contributed by atoms with Gasteiger partial charge in [0.25, 0.3) is 0 Å². The highest BCUT2D eigenvalue weighted by atomic mass is 19.2. The van der Waals surface area contributed by atoms with Gasteiger partial charge in [-0.15, -0.1) is 0 Å². The third-order valence-corrected chi connectivity index (χ3v) is 5.75. The van der Waals surface area contributed by atoms with Crippen LogP contribution in [0.2, 0.25) is 0 Å². The molecule has 2 aromatic rings. The third kappa shape index (κ3) is 6.26. The zero-order valence-electron chi connectivity index (χ0n) is 19.0. The molecule has 2 unspecified atom stereocenters. The van der Waals surface area contributed by atoms with Gasteiger partial charge in [-0.3, -0.25) is 0 Å². The monoisotopic (exact) mass is 450 g/mol. The number of unbranched alkanes of at least 4 members (excludes halogenated alkanes) is 3. The van der Waals surface area contributed by atoms with Crippen LogP contribution in [-0.4, -0.2) is 25.9 Å². The summed E-state index contributed by atoms with van der Waals surface area (Å²) >= 11 is 0. The molecule has 1 fully saturated rings. The first-order valence-corrected chi connectivity index (χ1v) is 11.7. The summed E-state index contributed by atoms with van der Waals surface area (Å²) in [5.41, 5.74) is 0.573. The van der Waals surface area contributed by atoms with Crippen molar-refractivity contribution in [2.75, 3.05) is 19.8 Å². The van der Waals surface area contributed by atoms with Crippen LogP contribution in [0.25, 0.3) is 11.1 Å². The molecule has 2 atom stereocenters. The van der Waals surface area contributed by atoms with Crippen molar-refractivity contribution in [2.45, 2.75) is 71.0 Å². The zero-order chi connectivity index (χ0) is 22.9. The fourth-order valence-electron chi connectivity index (χ4n) is 3.91. The Kier molecular flexibility index (Phi) is 9.42. The summed E-state index contributed by atoms with van der Waals surface area (Å²) in [6.07, 6.45) is 6.75. The molecule has 0 saturated carbocycles. The maximum Gasteiger partial charge on any atom is 0.201 e. The van der Waals surface area contributed by atoms with Crippen LogP contribution in [0.1, 0.15) is 70.5 Å². The van der Waals surface area contributed by atoms with Crippen LogP contribution in [0.4, 0.5) is 13.2 Å². The first-order chi connectivity index (χ1) is 15.5. The summed E-state index contributed by atoms with van der Waals surface area (Å²) in [7, 11) is 0. The van der Waals surface area contributed by atoms with Gasteiger partial charge in [0.05, 0.1) is 25.4 Å². The molecule has 0 bridgehead atoms.